The standard InChI is InChI=1S/C26H24N2O5/c1-2-3-4-15-32-26(31)17-5-9-19(10-6-17)28-24(29)22-14-13-21(16-23(22)25(28)30)33-20-11-7-18(27)8-12-20/h5-14,16H,2-4,15,27H2,1H3. The van der Waals surface area contributed by atoms with E-state index in [2.05, 4.69) is 6.92 Å². The van der Waals surface area contributed by atoms with Gasteiger partial charge in [-0.3, -0.25) is 9.59 Å². The lowest BCUT2D eigenvalue weighted by Crippen LogP contribution is -2.29. The van der Waals surface area contributed by atoms with Crippen LogP contribution >= 0.6 is 0 Å². The van der Waals surface area contributed by atoms with Crippen molar-refractivity contribution in [3.8, 4) is 11.5 Å². The van der Waals surface area contributed by atoms with Gasteiger partial charge < -0.3 is 15.2 Å². The number of unbranched alkanes of at least 4 members (excludes halogenated alkanes) is 2. The number of benzene rings is 3. The van der Waals surface area contributed by atoms with Crippen LogP contribution in [0.25, 0.3) is 0 Å². The SMILES string of the molecule is CCCCCOC(=O)c1ccc(N2C(=O)c3ccc(Oc4ccc(N)cc4)cc3C2=O)cc1. The summed E-state index contributed by atoms with van der Waals surface area (Å²) in [5.74, 6) is -0.307. The number of fused-ring (bicyclic) bond motifs is 1. The summed E-state index contributed by atoms with van der Waals surface area (Å²) in [7, 11) is 0. The number of anilines is 2. The van der Waals surface area contributed by atoms with Gasteiger partial charge in [-0.1, -0.05) is 19.8 Å². The molecule has 0 unspecified atom stereocenters. The van der Waals surface area contributed by atoms with Gasteiger partial charge in [-0.2, -0.15) is 0 Å². The van der Waals surface area contributed by atoms with Crippen molar-refractivity contribution in [2.75, 3.05) is 17.2 Å². The number of carbonyl (C=O) groups is 3. The second-order valence-electron chi connectivity index (χ2n) is 7.71. The number of hydrogen-bond acceptors (Lipinski definition) is 6. The molecule has 1 aliphatic heterocycles. The zero-order chi connectivity index (χ0) is 23.4. The number of esters is 1. The summed E-state index contributed by atoms with van der Waals surface area (Å²) < 4.78 is 11.0. The topological polar surface area (TPSA) is 98.9 Å². The lowest BCUT2D eigenvalue weighted by molar-refractivity contribution is 0.0498. The maximum Gasteiger partial charge on any atom is 0.338 e. The van der Waals surface area contributed by atoms with E-state index in [0.717, 1.165) is 24.2 Å². The number of imide groups is 1. The van der Waals surface area contributed by atoms with Crippen LogP contribution in [-0.2, 0) is 4.74 Å². The molecule has 0 aromatic heterocycles. The highest BCUT2D eigenvalue weighted by Crippen LogP contribution is 2.32. The van der Waals surface area contributed by atoms with Crippen LogP contribution in [0.2, 0.25) is 0 Å². The Kier molecular flexibility index (Phi) is 6.40. The molecule has 0 saturated heterocycles. The van der Waals surface area contributed by atoms with Gasteiger partial charge in [-0.15, -0.1) is 0 Å². The van der Waals surface area contributed by atoms with Gasteiger partial charge >= 0.3 is 5.97 Å². The van der Waals surface area contributed by atoms with Crippen LogP contribution in [0.15, 0.2) is 66.7 Å². The molecule has 0 bridgehead atoms. The number of hydrogen-bond donors (Lipinski definition) is 1. The molecule has 0 aliphatic carbocycles. The zero-order valence-electron chi connectivity index (χ0n) is 18.2. The average Bonchev–Trinajstić information content (AvgIpc) is 3.07. The minimum atomic E-state index is -0.451. The minimum absolute atomic E-state index is 0.257. The summed E-state index contributed by atoms with van der Waals surface area (Å²) in [6.45, 7) is 2.45. The molecule has 1 heterocycles. The molecule has 3 aromatic rings. The summed E-state index contributed by atoms with van der Waals surface area (Å²) in [5.41, 5.74) is 7.60. The molecule has 1 aliphatic rings. The van der Waals surface area contributed by atoms with Crippen molar-refractivity contribution in [2.24, 2.45) is 0 Å². The number of ether oxygens (including phenoxy) is 2. The quantitative estimate of drug-likeness (QED) is 0.222. The van der Waals surface area contributed by atoms with Crippen molar-refractivity contribution in [1.29, 1.82) is 0 Å². The van der Waals surface area contributed by atoms with Crippen LogP contribution < -0.4 is 15.4 Å². The molecular formula is C26H24N2O5. The van der Waals surface area contributed by atoms with Crippen molar-refractivity contribution < 1.29 is 23.9 Å². The molecule has 0 fully saturated rings. The Morgan fingerprint density at radius 1 is 0.848 bits per heavy atom. The smallest absolute Gasteiger partial charge is 0.338 e. The van der Waals surface area contributed by atoms with Gasteiger partial charge in [0.1, 0.15) is 11.5 Å². The summed E-state index contributed by atoms with van der Waals surface area (Å²) in [5, 5.41) is 0. The van der Waals surface area contributed by atoms with E-state index in [0.29, 0.717) is 40.6 Å². The van der Waals surface area contributed by atoms with Gasteiger partial charge in [0.05, 0.1) is 29.0 Å². The van der Waals surface area contributed by atoms with E-state index in [1.807, 2.05) is 0 Å². The van der Waals surface area contributed by atoms with Gasteiger partial charge in [0.2, 0.25) is 0 Å². The largest absolute Gasteiger partial charge is 0.462 e. The lowest BCUT2D eigenvalue weighted by Gasteiger charge is -2.14. The maximum atomic E-state index is 13.0. The lowest BCUT2D eigenvalue weighted by atomic mass is 10.1. The van der Waals surface area contributed by atoms with Crippen LogP contribution in [0.4, 0.5) is 11.4 Å². The zero-order valence-corrected chi connectivity index (χ0v) is 18.2. The molecular weight excluding hydrogens is 420 g/mol. The molecule has 2 amide bonds. The van der Waals surface area contributed by atoms with E-state index in [1.54, 1.807) is 66.7 Å². The van der Waals surface area contributed by atoms with Crippen molar-refractivity contribution in [1.82, 2.24) is 0 Å². The Hall–Kier alpha value is -4.13. The van der Waals surface area contributed by atoms with E-state index in [1.165, 1.54) is 0 Å². The molecule has 2 N–H and O–H groups in total. The monoisotopic (exact) mass is 444 g/mol. The molecule has 4 rings (SSSR count). The summed E-state index contributed by atoms with van der Waals surface area (Å²) >= 11 is 0. The first-order chi connectivity index (χ1) is 16.0. The predicted molar refractivity (Wildman–Crippen MR) is 125 cm³/mol. The second-order valence-corrected chi connectivity index (χ2v) is 7.71. The van der Waals surface area contributed by atoms with Crippen LogP contribution in [0.3, 0.4) is 0 Å². The highest BCUT2D eigenvalue weighted by Gasteiger charge is 2.37. The van der Waals surface area contributed by atoms with Crippen LogP contribution in [-0.4, -0.2) is 24.4 Å². The third kappa shape index (κ3) is 4.72. The number of nitrogens with two attached hydrogens (primary N) is 1. The van der Waals surface area contributed by atoms with Crippen LogP contribution in [0.1, 0.15) is 57.3 Å². The Morgan fingerprint density at radius 2 is 1.52 bits per heavy atom. The summed E-state index contributed by atoms with van der Waals surface area (Å²) in [6.07, 6.45) is 2.86. The molecule has 168 valence electrons. The third-order valence-corrected chi connectivity index (χ3v) is 5.32. The first kappa shape index (κ1) is 22.1. The van der Waals surface area contributed by atoms with Crippen LogP contribution in [0, 0.1) is 0 Å². The minimum Gasteiger partial charge on any atom is -0.462 e. The van der Waals surface area contributed by atoms with Crippen LogP contribution in [0.5, 0.6) is 11.5 Å². The van der Waals surface area contributed by atoms with E-state index in [-0.39, 0.29) is 5.56 Å². The molecule has 0 saturated carbocycles. The number of rotatable bonds is 8. The molecule has 0 atom stereocenters. The van der Waals surface area contributed by atoms with Crippen molar-refractivity contribution in [3.63, 3.8) is 0 Å². The molecule has 33 heavy (non-hydrogen) atoms. The Morgan fingerprint density at radius 3 is 2.21 bits per heavy atom. The fourth-order valence-corrected chi connectivity index (χ4v) is 3.54. The van der Waals surface area contributed by atoms with E-state index in [9.17, 15) is 14.4 Å². The molecule has 0 radical (unpaired) electrons. The maximum absolute atomic E-state index is 13.0. The van der Waals surface area contributed by atoms with E-state index >= 15 is 0 Å². The number of nitrogen functional groups attached to an aromatic ring is 1. The first-order valence-corrected chi connectivity index (χ1v) is 10.8. The summed E-state index contributed by atoms with van der Waals surface area (Å²) in [6, 6.07) is 17.9. The predicted octanol–water partition coefficient (Wildman–Crippen LogP) is 5.21. The molecule has 0 spiro atoms. The Balaban J connectivity index is 1.48. The first-order valence-electron chi connectivity index (χ1n) is 10.8. The molecule has 7 heteroatoms. The fraction of sp³-hybridized carbons (Fsp3) is 0.192. The van der Waals surface area contributed by atoms with Gasteiger partial charge in [0, 0.05) is 5.69 Å². The fourth-order valence-electron chi connectivity index (χ4n) is 3.54. The van der Waals surface area contributed by atoms with Gasteiger partial charge in [-0.05, 0) is 73.2 Å². The Labute approximate surface area is 191 Å². The molecule has 7 nitrogen and oxygen atoms in total. The summed E-state index contributed by atoms with van der Waals surface area (Å²) in [4.78, 5) is 39.2. The van der Waals surface area contributed by atoms with Crippen molar-refractivity contribution in [2.45, 2.75) is 26.2 Å². The van der Waals surface area contributed by atoms with Crippen molar-refractivity contribution >= 4 is 29.2 Å². The molecule has 3 aromatic carbocycles. The highest BCUT2D eigenvalue weighted by molar-refractivity contribution is 6.34. The second kappa shape index (κ2) is 9.56. The highest BCUT2D eigenvalue weighted by atomic mass is 16.5. The van der Waals surface area contributed by atoms with E-state index in [4.69, 9.17) is 15.2 Å². The number of nitrogens with zero attached hydrogens (tertiary/aromatic N) is 1. The normalized spacial score (nSPS) is 12.6. The van der Waals surface area contributed by atoms with Gasteiger partial charge in [0.25, 0.3) is 11.8 Å². The number of carbonyl (C=O) groups excluding carboxylic acids is 3. The number of amides is 2. The van der Waals surface area contributed by atoms with Gasteiger partial charge in [-0.25, -0.2) is 9.69 Å². The van der Waals surface area contributed by atoms with Crippen molar-refractivity contribution in [3.05, 3.63) is 83.4 Å². The Bertz CT molecular complexity index is 1190. The van der Waals surface area contributed by atoms with Gasteiger partial charge in [0.15, 0.2) is 0 Å². The van der Waals surface area contributed by atoms with E-state index < -0.39 is 17.8 Å². The third-order valence-electron chi connectivity index (χ3n) is 5.32. The average molecular weight is 444 g/mol.